The van der Waals surface area contributed by atoms with E-state index < -0.39 is 5.82 Å². The fraction of sp³-hybridized carbons (Fsp3) is 0.0667. The molecule has 0 amide bonds. The highest BCUT2D eigenvalue weighted by Crippen LogP contribution is 2.25. The van der Waals surface area contributed by atoms with Gasteiger partial charge < -0.3 is 5.11 Å². The maximum Gasteiger partial charge on any atom is 0.204 e. The second-order valence-electron chi connectivity index (χ2n) is 4.46. The van der Waals surface area contributed by atoms with Crippen molar-refractivity contribution in [3.05, 3.63) is 53.8 Å². The minimum atomic E-state index is -0.419. The number of aromatic nitrogens is 1. The van der Waals surface area contributed by atoms with Crippen molar-refractivity contribution in [2.45, 2.75) is 6.92 Å². The highest BCUT2D eigenvalue weighted by molar-refractivity contribution is 7.22. The molecule has 0 atom stereocenters. The van der Waals surface area contributed by atoms with Gasteiger partial charge in [-0.15, -0.1) is 0 Å². The molecule has 3 aromatic rings. The van der Waals surface area contributed by atoms with Crippen molar-refractivity contribution in [2.75, 3.05) is 5.43 Å². The summed E-state index contributed by atoms with van der Waals surface area (Å²) < 4.78 is 14.3. The number of aromatic hydroxyl groups is 1. The fourth-order valence-corrected chi connectivity index (χ4v) is 2.72. The van der Waals surface area contributed by atoms with E-state index in [0.29, 0.717) is 16.4 Å². The Hall–Kier alpha value is -2.47. The predicted molar refractivity (Wildman–Crippen MR) is 83.5 cm³/mol. The second kappa shape index (κ2) is 5.49. The minimum absolute atomic E-state index is 0.0104. The van der Waals surface area contributed by atoms with Gasteiger partial charge in [-0.05, 0) is 37.3 Å². The third kappa shape index (κ3) is 2.85. The number of rotatable bonds is 3. The Balaban J connectivity index is 1.86. The fourth-order valence-electron chi connectivity index (χ4n) is 1.91. The molecule has 0 saturated heterocycles. The third-order valence-corrected chi connectivity index (χ3v) is 3.90. The molecule has 21 heavy (non-hydrogen) atoms. The topological polar surface area (TPSA) is 57.5 Å². The molecule has 3 rings (SSSR count). The Morgan fingerprint density at radius 2 is 2.10 bits per heavy atom. The van der Waals surface area contributed by atoms with Crippen LogP contribution in [0.5, 0.6) is 5.75 Å². The van der Waals surface area contributed by atoms with E-state index in [2.05, 4.69) is 15.5 Å². The van der Waals surface area contributed by atoms with E-state index >= 15 is 0 Å². The largest absolute Gasteiger partial charge is 0.507 e. The zero-order valence-corrected chi connectivity index (χ0v) is 12.0. The molecule has 1 aromatic heterocycles. The standard InChI is InChI=1S/C15H12FN3OS/c1-9(11-8-10(16)6-7-13(11)20)18-19-15-17-12-4-2-3-5-14(12)21-15/h2-8,20H,1H3,(H,17,19)/b18-9+. The molecule has 0 bridgehead atoms. The molecule has 0 saturated carbocycles. The number of hydrazone groups is 1. The number of phenols is 1. The van der Waals surface area contributed by atoms with Crippen molar-refractivity contribution in [2.24, 2.45) is 5.10 Å². The highest BCUT2D eigenvalue weighted by Gasteiger charge is 2.07. The Morgan fingerprint density at radius 3 is 2.90 bits per heavy atom. The first-order valence-electron chi connectivity index (χ1n) is 6.28. The van der Waals surface area contributed by atoms with Gasteiger partial charge in [-0.3, -0.25) is 5.43 Å². The van der Waals surface area contributed by atoms with Crippen molar-refractivity contribution in [3.8, 4) is 5.75 Å². The van der Waals surface area contributed by atoms with Crippen molar-refractivity contribution in [1.82, 2.24) is 4.98 Å². The van der Waals surface area contributed by atoms with Gasteiger partial charge in [-0.1, -0.05) is 23.5 Å². The van der Waals surface area contributed by atoms with Crippen LogP contribution in [0.4, 0.5) is 9.52 Å². The number of benzene rings is 2. The van der Waals surface area contributed by atoms with Crippen LogP contribution in [0, 0.1) is 5.82 Å². The summed E-state index contributed by atoms with van der Waals surface area (Å²) in [6, 6.07) is 11.5. The Morgan fingerprint density at radius 1 is 1.29 bits per heavy atom. The maximum atomic E-state index is 13.2. The lowest BCUT2D eigenvalue weighted by Crippen LogP contribution is -2.00. The molecule has 0 aliphatic rings. The molecule has 1 heterocycles. The molecule has 0 radical (unpaired) electrons. The van der Waals surface area contributed by atoms with Gasteiger partial charge in [0.1, 0.15) is 11.6 Å². The van der Waals surface area contributed by atoms with Crippen molar-refractivity contribution < 1.29 is 9.50 Å². The van der Waals surface area contributed by atoms with Gasteiger partial charge in [0.2, 0.25) is 5.13 Å². The molecule has 106 valence electrons. The number of anilines is 1. The third-order valence-electron chi connectivity index (χ3n) is 2.96. The van der Waals surface area contributed by atoms with Gasteiger partial charge in [0.25, 0.3) is 0 Å². The monoisotopic (exact) mass is 301 g/mol. The van der Waals surface area contributed by atoms with Crippen LogP contribution in [-0.2, 0) is 0 Å². The molecular weight excluding hydrogens is 289 g/mol. The van der Waals surface area contributed by atoms with Crippen LogP contribution in [-0.4, -0.2) is 15.8 Å². The van der Waals surface area contributed by atoms with Crippen LogP contribution in [0.2, 0.25) is 0 Å². The zero-order chi connectivity index (χ0) is 14.8. The molecule has 0 unspecified atom stereocenters. The average Bonchev–Trinajstić information content (AvgIpc) is 2.90. The summed E-state index contributed by atoms with van der Waals surface area (Å²) in [6.45, 7) is 1.69. The summed E-state index contributed by atoms with van der Waals surface area (Å²) in [5, 5.41) is 14.5. The number of nitrogens with zero attached hydrogens (tertiary/aromatic N) is 2. The van der Waals surface area contributed by atoms with Gasteiger partial charge in [0.15, 0.2) is 0 Å². The lowest BCUT2D eigenvalue weighted by molar-refractivity contribution is 0.472. The van der Waals surface area contributed by atoms with Crippen LogP contribution >= 0.6 is 11.3 Å². The number of phenolic OH excluding ortho intramolecular Hbond substituents is 1. The Bertz CT molecular complexity index is 796. The number of hydrogen-bond donors (Lipinski definition) is 2. The summed E-state index contributed by atoms with van der Waals surface area (Å²) >= 11 is 1.48. The van der Waals surface area contributed by atoms with Crippen LogP contribution in [0.15, 0.2) is 47.6 Å². The number of para-hydroxylation sites is 1. The molecule has 2 aromatic carbocycles. The summed E-state index contributed by atoms with van der Waals surface area (Å²) in [6.07, 6.45) is 0. The summed E-state index contributed by atoms with van der Waals surface area (Å²) in [5.41, 5.74) is 4.56. The smallest absolute Gasteiger partial charge is 0.204 e. The number of hydrogen-bond acceptors (Lipinski definition) is 5. The SMILES string of the molecule is C/C(=N\Nc1nc2ccccc2s1)c1cc(F)ccc1O. The Kier molecular flexibility index (Phi) is 3.53. The summed E-state index contributed by atoms with van der Waals surface area (Å²) in [5.74, 6) is -0.430. The van der Waals surface area contributed by atoms with E-state index in [1.807, 2.05) is 24.3 Å². The van der Waals surface area contributed by atoms with Gasteiger partial charge in [0.05, 0.1) is 15.9 Å². The van der Waals surface area contributed by atoms with E-state index in [0.717, 1.165) is 10.2 Å². The Labute approximate surface area is 124 Å². The quantitative estimate of drug-likeness (QED) is 0.568. The molecule has 0 aliphatic carbocycles. The second-order valence-corrected chi connectivity index (χ2v) is 5.49. The van der Waals surface area contributed by atoms with Crippen LogP contribution < -0.4 is 5.43 Å². The normalized spacial score (nSPS) is 11.8. The van der Waals surface area contributed by atoms with Crippen molar-refractivity contribution in [3.63, 3.8) is 0 Å². The zero-order valence-electron chi connectivity index (χ0n) is 11.2. The first-order valence-corrected chi connectivity index (χ1v) is 7.10. The van der Waals surface area contributed by atoms with E-state index in [4.69, 9.17) is 0 Å². The number of thiazole rings is 1. The molecule has 0 aliphatic heterocycles. The summed E-state index contributed by atoms with van der Waals surface area (Å²) in [4.78, 5) is 4.38. The predicted octanol–water partition coefficient (Wildman–Crippen LogP) is 3.98. The number of nitrogens with one attached hydrogen (secondary N) is 1. The molecular formula is C15H12FN3OS. The molecule has 0 spiro atoms. The van der Waals surface area contributed by atoms with Gasteiger partial charge >= 0.3 is 0 Å². The highest BCUT2D eigenvalue weighted by atomic mass is 32.1. The molecule has 2 N–H and O–H groups in total. The summed E-state index contributed by atoms with van der Waals surface area (Å²) in [7, 11) is 0. The van der Waals surface area contributed by atoms with Gasteiger partial charge in [-0.25, -0.2) is 9.37 Å². The maximum absolute atomic E-state index is 13.2. The van der Waals surface area contributed by atoms with Crippen LogP contribution in [0.25, 0.3) is 10.2 Å². The van der Waals surface area contributed by atoms with Gasteiger partial charge in [0, 0.05) is 5.56 Å². The van der Waals surface area contributed by atoms with Crippen LogP contribution in [0.1, 0.15) is 12.5 Å². The lowest BCUT2D eigenvalue weighted by atomic mass is 10.1. The molecule has 0 fully saturated rings. The first kappa shape index (κ1) is 13.5. The van der Waals surface area contributed by atoms with E-state index in [1.165, 1.54) is 29.5 Å². The lowest BCUT2D eigenvalue weighted by Gasteiger charge is -2.04. The molecule has 6 heteroatoms. The van der Waals surface area contributed by atoms with E-state index in [1.54, 1.807) is 6.92 Å². The average molecular weight is 301 g/mol. The number of fused-ring (bicyclic) bond motifs is 1. The van der Waals surface area contributed by atoms with E-state index in [9.17, 15) is 9.50 Å². The minimum Gasteiger partial charge on any atom is -0.507 e. The van der Waals surface area contributed by atoms with E-state index in [-0.39, 0.29) is 5.75 Å². The number of halogens is 1. The first-order chi connectivity index (χ1) is 10.1. The van der Waals surface area contributed by atoms with Gasteiger partial charge in [-0.2, -0.15) is 5.10 Å². The molecule has 4 nitrogen and oxygen atoms in total. The van der Waals surface area contributed by atoms with Crippen molar-refractivity contribution >= 4 is 32.4 Å². The van der Waals surface area contributed by atoms with Crippen LogP contribution in [0.3, 0.4) is 0 Å². The van der Waals surface area contributed by atoms with Crippen molar-refractivity contribution in [1.29, 1.82) is 0 Å².